The number of nitriles is 1. The number of aryl methyl sites for hydroxylation is 1. The molecule has 1 N–H and O–H groups in total. The first-order valence-corrected chi connectivity index (χ1v) is 26.7. The van der Waals surface area contributed by atoms with Gasteiger partial charge in [0.15, 0.2) is 0 Å². The number of ether oxygens (including phenoxy) is 4. The molecule has 1 unspecified atom stereocenters. The number of rotatable bonds is 23. The molecule has 1 aliphatic heterocycles. The molecule has 15 heteroatoms. The lowest BCUT2D eigenvalue weighted by Crippen LogP contribution is -2.59. The SMILES string of the molecule is COc1ccc(C(OC[C@H]2O[C@@H](n3cc(C)c(=O)[nH]c3=O)C[C@@H]2O[Si](c2ccc(COP(OCCC#N)N(C(C)C)C(C)C)cc2)(C(C)C)C(C)C)(c2ccccc2)c2ccc(OC)cc2)cc1. The largest absolute Gasteiger partial charge is 0.497 e. The van der Waals surface area contributed by atoms with Gasteiger partial charge in [-0.3, -0.25) is 14.3 Å². The molecular weight excluding hydrogens is 896 g/mol. The van der Waals surface area contributed by atoms with Crippen LogP contribution in [0.5, 0.6) is 11.5 Å². The van der Waals surface area contributed by atoms with E-state index in [0.717, 1.165) is 27.4 Å². The molecule has 0 bridgehead atoms. The van der Waals surface area contributed by atoms with Crippen LogP contribution in [0.1, 0.15) is 102 Å². The topological polar surface area (TPSA) is 147 Å². The van der Waals surface area contributed by atoms with E-state index < -0.39 is 52.1 Å². The number of methoxy groups -OCH3 is 2. The summed E-state index contributed by atoms with van der Waals surface area (Å²) < 4.78 is 49.6. The highest BCUT2D eigenvalue weighted by Gasteiger charge is 2.51. The molecule has 0 amide bonds. The third-order valence-corrected chi connectivity index (χ3v) is 20.2. The summed E-state index contributed by atoms with van der Waals surface area (Å²) in [7, 11) is -1.05. The molecule has 6 rings (SSSR count). The van der Waals surface area contributed by atoms with Gasteiger partial charge in [-0.1, -0.05) is 107 Å². The lowest BCUT2D eigenvalue weighted by atomic mass is 9.80. The summed E-state index contributed by atoms with van der Waals surface area (Å²) in [6.45, 7) is 19.8. The molecule has 4 atom stereocenters. The molecule has 13 nitrogen and oxygen atoms in total. The molecule has 0 radical (unpaired) electrons. The minimum Gasteiger partial charge on any atom is -0.497 e. The molecule has 0 spiro atoms. The van der Waals surface area contributed by atoms with E-state index in [4.69, 9.17) is 32.4 Å². The van der Waals surface area contributed by atoms with E-state index in [0.29, 0.717) is 36.7 Å². The Morgan fingerprint density at radius 1 is 0.809 bits per heavy atom. The molecule has 1 aliphatic rings. The molecule has 0 aliphatic carbocycles. The first kappa shape index (κ1) is 52.4. The zero-order chi connectivity index (χ0) is 49.2. The van der Waals surface area contributed by atoms with Gasteiger partial charge in [0, 0.05) is 30.3 Å². The predicted molar refractivity (Wildman–Crippen MR) is 270 cm³/mol. The standard InChI is InChI=1S/C53H69N4O9PSi/c1-36(2)57(37(3)4)67(63-31-15-30-54)64-34-41-18-28-47(29-19-41)68(38(5)6,39(7)8)66-48-32-50(56-33-40(9)51(58)55-52(56)59)65-49(48)35-62-53(42-16-13-12-14-17-42,43-20-24-45(60-10)25-21-43)44-22-26-46(61-11)27-23-44/h12-14,16-29,33,36-39,48-50H,15,31-32,34-35H2,1-11H3,(H,55,58,59)/t48-,49+,50+,67?/m0/s1. The molecule has 5 aromatic rings. The summed E-state index contributed by atoms with van der Waals surface area (Å²) in [4.78, 5) is 28.5. The first-order chi connectivity index (χ1) is 32.6. The molecule has 1 aromatic heterocycles. The number of aromatic amines is 1. The van der Waals surface area contributed by atoms with Crippen LogP contribution < -0.4 is 25.9 Å². The highest BCUT2D eigenvalue weighted by atomic mass is 31.2. The summed E-state index contributed by atoms with van der Waals surface area (Å²) in [5.41, 5.74) is 2.13. The van der Waals surface area contributed by atoms with Gasteiger partial charge in [-0.05, 0) is 97.4 Å². The van der Waals surface area contributed by atoms with Crippen molar-refractivity contribution in [2.45, 2.75) is 129 Å². The first-order valence-electron chi connectivity index (χ1n) is 23.5. The predicted octanol–water partition coefficient (Wildman–Crippen LogP) is 10.0. The van der Waals surface area contributed by atoms with E-state index in [9.17, 15) is 14.9 Å². The quantitative estimate of drug-likeness (QED) is 0.0289. The van der Waals surface area contributed by atoms with Gasteiger partial charge >= 0.3 is 5.69 Å². The highest BCUT2D eigenvalue weighted by molar-refractivity contribution is 7.44. The van der Waals surface area contributed by atoms with E-state index in [1.54, 1.807) is 27.3 Å². The van der Waals surface area contributed by atoms with Crippen molar-refractivity contribution in [3.05, 3.63) is 158 Å². The fourth-order valence-electron chi connectivity index (χ4n) is 9.46. The smallest absolute Gasteiger partial charge is 0.330 e. The normalized spacial score (nSPS) is 17.1. The van der Waals surface area contributed by atoms with Crippen LogP contribution in [0.25, 0.3) is 0 Å². The number of nitrogens with one attached hydrogen (secondary N) is 1. The van der Waals surface area contributed by atoms with Crippen LogP contribution in [0, 0.1) is 18.3 Å². The summed E-state index contributed by atoms with van der Waals surface area (Å²) in [5.74, 6) is 1.42. The third-order valence-electron chi connectivity index (χ3n) is 12.7. The van der Waals surface area contributed by atoms with Crippen molar-refractivity contribution < 1.29 is 32.4 Å². The molecule has 1 fully saturated rings. The Morgan fingerprint density at radius 3 is 1.88 bits per heavy atom. The Bertz CT molecular complexity index is 2460. The van der Waals surface area contributed by atoms with E-state index in [-0.39, 0.29) is 36.2 Å². The Kier molecular flexibility index (Phi) is 18.2. The number of hydrogen-bond acceptors (Lipinski definition) is 11. The van der Waals surface area contributed by atoms with Gasteiger partial charge in [-0.15, -0.1) is 0 Å². The molecule has 4 aromatic carbocycles. The second-order valence-corrected chi connectivity index (χ2v) is 24.6. The highest BCUT2D eigenvalue weighted by Crippen LogP contribution is 2.47. The van der Waals surface area contributed by atoms with Crippen LogP contribution in [-0.2, 0) is 35.2 Å². The van der Waals surface area contributed by atoms with Gasteiger partial charge in [0.2, 0.25) is 8.32 Å². The second-order valence-electron chi connectivity index (χ2n) is 18.4. The van der Waals surface area contributed by atoms with Gasteiger partial charge < -0.3 is 32.4 Å². The van der Waals surface area contributed by atoms with Gasteiger partial charge in [0.1, 0.15) is 29.4 Å². The average molecular weight is 965 g/mol. The minimum absolute atomic E-state index is 0.0747. The van der Waals surface area contributed by atoms with Crippen molar-refractivity contribution >= 4 is 22.0 Å². The molecule has 1 saturated heterocycles. The van der Waals surface area contributed by atoms with Gasteiger partial charge in [-0.2, -0.15) is 5.26 Å². The van der Waals surface area contributed by atoms with Crippen molar-refractivity contribution in [2.24, 2.45) is 0 Å². The van der Waals surface area contributed by atoms with Crippen LogP contribution in [0.3, 0.4) is 0 Å². The average Bonchev–Trinajstić information content (AvgIpc) is 3.73. The number of hydrogen-bond donors (Lipinski definition) is 1. The maximum absolute atomic E-state index is 13.5. The van der Waals surface area contributed by atoms with E-state index >= 15 is 0 Å². The third kappa shape index (κ3) is 11.6. The molecule has 0 saturated carbocycles. The summed E-state index contributed by atoms with van der Waals surface area (Å²) in [5, 5.41) is 10.3. The van der Waals surface area contributed by atoms with Crippen molar-refractivity contribution in [1.29, 1.82) is 5.26 Å². The van der Waals surface area contributed by atoms with Crippen LogP contribution in [-0.4, -0.2) is 74.3 Å². The fourth-order valence-corrected chi connectivity index (χ4v) is 15.8. The van der Waals surface area contributed by atoms with Gasteiger partial charge in [-0.25, -0.2) is 9.46 Å². The summed E-state index contributed by atoms with van der Waals surface area (Å²) >= 11 is 0. The van der Waals surface area contributed by atoms with Crippen molar-refractivity contribution in [3.8, 4) is 17.6 Å². The maximum Gasteiger partial charge on any atom is 0.330 e. The van der Waals surface area contributed by atoms with Crippen LogP contribution in [0.15, 0.2) is 119 Å². The molecule has 364 valence electrons. The Balaban J connectivity index is 1.40. The van der Waals surface area contributed by atoms with Crippen molar-refractivity contribution in [3.63, 3.8) is 0 Å². The monoisotopic (exact) mass is 964 g/mol. The number of aromatic nitrogens is 2. The number of benzene rings is 4. The van der Waals surface area contributed by atoms with Crippen molar-refractivity contribution in [2.75, 3.05) is 27.4 Å². The Labute approximate surface area is 404 Å². The Hall–Kier alpha value is -4.94. The zero-order valence-corrected chi connectivity index (χ0v) is 43.3. The summed E-state index contributed by atoms with van der Waals surface area (Å²) in [6.07, 6.45) is 0.260. The van der Waals surface area contributed by atoms with Crippen molar-refractivity contribution in [1.82, 2.24) is 14.2 Å². The van der Waals surface area contributed by atoms with E-state index in [2.05, 4.69) is 108 Å². The molecule has 2 heterocycles. The van der Waals surface area contributed by atoms with Crippen LogP contribution >= 0.6 is 8.53 Å². The van der Waals surface area contributed by atoms with E-state index in [1.165, 1.54) is 4.57 Å². The Morgan fingerprint density at radius 2 is 1.37 bits per heavy atom. The van der Waals surface area contributed by atoms with Crippen LogP contribution in [0.2, 0.25) is 11.1 Å². The number of nitrogens with zero attached hydrogens (tertiary/aromatic N) is 3. The maximum atomic E-state index is 13.5. The summed E-state index contributed by atoms with van der Waals surface area (Å²) in [6, 6.07) is 37.0. The minimum atomic E-state index is -2.93. The zero-order valence-electron chi connectivity index (χ0n) is 41.4. The molecular formula is C53H69N4O9PSi. The lowest BCUT2D eigenvalue weighted by Gasteiger charge is -2.42. The molecule has 68 heavy (non-hydrogen) atoms. The lowest BCUT2D eigenvalue weighted by molar-refractivity contribution is -0.0927. The fraction of sp³-hybridized carbons (Fsp3) is 0.453. The number of H-pyrrole nitrogens is 1. The second kappa shape index (κ2) is 23.6. The van der Waals surface area contributed by atoms with Crippen LogP contribution in [0.4, 0.5) is 0 Å². The van der Waals surface area contributed by atoms with Gasteiger partial charge in [0.05, 0.1) is 52.6 Å². The van der Waals surface area contributed by atoms with Gasteiger partial charge in [0.25, 0.3) is 14.1 Å². The van der Waals surface area contributed by atoms with E-state index in [1.807, 2.05) is 66.7 Å².